The van der Waals surface area contributed by atoms with Crippen LogP contribution in [0.15, 0.2) is 54.6 Å². The molecule has 10 heteroatoms. The molecule has 178 valence electrons. The molecule has 10 nitrogen and oxygen atoms in total. The van der Waals surface area contributed by atoms with Crippen molar-refractivity contribution in [2.24, 2.45) is 5.92 Å². The predicted octanol–water partition coefficient (Wildman–Crippen LogP) is 2.31. The average Bonchev–Trinajstić information content (AvgIpc) is 3.36. The van der Waals surface area contributed by atoms with Crippen molar-refractivity contribution >= 4 is 17.7 Å². The van der Waals surface area contributed by atoms with Gasteiger partial charge in [0.1, 0.15) is 23.2 Å². The molecule has 0 aliphatic heterocycles. The smallest absolute Gasteiger partial charge is 0.287 e. The molecule has 1 aromatic heterocycles. The molecule has 34 heavy (non-hydrogen) atoms. The highest BCUT2D eigenvalue weighted by Gasteiger charge is 2.26. The molecule has 3 amide bonds. The number of methoxy groups -OCH3 is 2. The van der Waals surface area contributed by atoms with Gasteiger partial charge in [0.25, 0.3) is 17.7 Å². The molecule has 0 aliphatic carbocycles. The van der Waals surface area contributed by atoms with Crippen LogP contribution in [0.4, 0.5) is 0 Å². The van der Waals surface area contributed by atoms with E-state index in [1.54, 1.807) is 26.0 Å². The van der Waals surface area contributed by atoms with E-state index in [0.29, 0.717) is 17.2 Å². The van der Waals surface area contributed by atoms with Gasteiger partial charge in [-0.2, -0.15) is 5.10 Å². The van der Waals surface area contributed by atoms with Gasteiger partial charge in [-0.1, -0.05) is 44.2 Å². The van der Waals surface area contributed by atoms with Crippen LogP contribution in [0.3, 0.4) is 0 Å². The van der Waals surface area contributed by atoms with Crippen LogP contribution in [-0.4, -0.2) is 48.2 Å². The van der Waals surface area contributed by atoms with Crippen LogP contribution in [0.5, 0.6) is 11.5 Å². The molecular weight excluding hydrogens is 438 g/mol. The lowest BCUT2D eigenvalue weighted by Crippen LogP contribution is -2.54. The Labute approximate surface area is 197 Å². The maximum Gasteiger partial charge on any atom is 0.287 e. The minimum absolute atomic E-state index is 0.174. The fraction of sp³-hybridized carbons (Fsp3) is 0.250. The van der Waals surface area contributed by atoms with Crippen LogP contribution in [0.1, 0.15) is 34.7 Å². The molecule has 0 fully saturated rings. The Morgan fingerprint density at radius 2 is 1.53 bits per heavy atom. The van der Waals surface area contributed by atoms with Gasteiger partial charge in [0, 0.05) is 17.2 Å². The highest BCUT2D eigenvalue weighted by atomic mass is 16.5. The predicted molar refractivity (Wildman–Crippen MR) is 125 cm³/mol. The van der Waals surface area contributed by atoms with E-state index in [2.05, 4.69) is 26.4 Å². The Bertz CT molecular complexity index is 1140. The lowest BCUT2D eigenvalue weighted by Gasteiger charge is -2.22. The van der Waals surface area contributed by atoms with Gasteiger partial charge in [-0.25, -0.2) is 0 Å². The number of aromatic nitrogens is 2. The molecule has 0 saturated heterocycles. The van der Waals surface area contributed by atoms with E-state index in [9.17, 15) is 14.4 Å². The minimum Gasteiger partial charge on any atom is -0.497 e. The Kier molecular flexibility index (Phi) is 7.86. The van der Waals surface area contributed by atoms with Crippen LogP contribution in [-0.2, 0) is 4.79 Å². The van der Waals surface area contributed by atoms with Crippen molar-refractivity contribution in [2.45, 2.75) is 19.9 Å². The Balaban J connectivity index is 1.63. The van der Waals surface area contributed by atoms with Crippen LogP contribution in [0.2, 0.25) is 0 Å². The number of nitrogens with one attached hydrogen (secondary N) is 4. The van der Waals surface area contributed by atoms with E-state index in [0.717, 1.165) is 5.56 Å². The lowest BCUT2D eigenvalue weighted by atomic mass is 10.0. The summed E-state index contributed by atoms with van der Waals surface area (Å²) in [5, 5.41) is 9.46. The van der Waals surface area contributed by atoms with Crippen molar-refractivity contribution in [2.75, 3.05) is 14.2 Å². The van der Waals surface area contributed by atoms with Gasteiger partial charge in [0.2, 0.25) is 0 Å². The van der Waals surface area contributed by atoms with Gasteiger partial charge < -0.3 is 14.8 Å². The molecule has 0 radical (unpaired) electrons. The zero-order valence-electron chi connectivity index (χ0n) is 19.3. The van der Waals surface area contributed by atoms with Crippen molar-refractivity contribution in [3.05, 3.63) is 65.9 Å². The van der Waals surface area contributed by atoms with E-state index in [-0.39, 0.29) is 17.2 Å². The number of rotatable bonds is 8. The Morgan fingerprint density at radius 3 is 2.12 bits per heavy atom. The summed E-state index contributed by atoms with van der Waals surface area (Å²) >= 11 is 0. The second-order valence-electron chi connectivity index (χ2n) is 7.77. The third-order valence-corrected chi connectivity index (χ3v) is 5.04. The van der Waals surface area contributed by atoms with E-state index in [4.69, 9.17) is 9.47 Å². The molecule has 3 rings (SSSR count). The molecule has 0 saturated carbocycles. The molecule has 1 unspecified atom stereocenters. The van der Waals surface area contributed by atoms with Gasteiger partial charge in [-0.05, 0) is 24.1 Å². The summed E-state index contributed by atoms with van der Waals surface area (Å²) in [6.45, 7) is 3.55. The van der Waals surface area contributed by atoms with Crippen LogP contribution < -0.4 is 25.6 Å². The molecule has 0 aliphatic rings. The first-order valence-corrected chi connectivity index (χ1v) is 10.6. The monoisotopic (exact) mass is 465 g/mol. The summed E-state index contributed by atoms with van der Waals surface area (Å²) in [7, 11) is 2.96. The second-order valence-corrected chi connectivity index (χ2v) is 7.77. The molecule has 1 atom stereocenters. The summed E-state index contributed by atoms with van der Waals surface area (Å²) in [4.78, 5) is 38.0. The minimum atomic E-state index is -0.911. The molecular formula is C24H27N5O5. The highest BCUT2D eigenvalue weighted by molar-refractivity contribution is 5.99. The SMILES string of the molecule is COc1cc(OC)cc(C(=O)NC(C(=O)NNC(=O)c2cc(-c3ccccc3)n[nH]2)C(C)C)c1. The van der Waals surface area contributed by atoms with Crippen molar-refractivity contribution in [3.8, 4) is 22.8 Å². The van der Waals surface area contributed by atoms with Crippen molar-refractivity contribution in [3.63, 3.8) is 0 Å². The largest absolute Gasteiger partial charge is 0.497 e. The molecule has 0 spiro atoms. The van der Waals surface area contributed by atoms with Crippen LogP contribution in [0, 0.1) is 5.92 Å². The van der Waals surface area contributed by atoms with Crippen molar-refractivity contribution < 1.29 is 23.9 Å². The first-order chi connectivity index (χ1) is 16.3. The third-order valence-electron chi connectivity index (χ3n) is 5.04. The summed E-state index contributed by atoms with van der Waals surface area (Å²) in [6, 6.07) is 14.7. The van der Waals surface area contributed by atoms with Gasteiger partial charge in [0.05, 0.1) is 19.9 Å². The topological polar surface area (TPSA) is 134 Å². The van der Waals surface area contributed by atoms with Crippen molar-refractivity contribution in [1.29, 1.82) is 0 Å². The van der Waals surface area contributed by atoms with E-state index in [1.165, 1.54) is 26.4 Å². The standard InChI is InChI=1S/C24H27N5O5/c1-14(2)21(25-22(30)16-10-17(33-3)12-18(11-16)34-4)24(32)29-28-23(31)20-13-19(26-27-20)15-8-6-5-7-9-15/h5-14,21H,1-4H3,(H,25,30)(H,26,27)(H,28,31)(H,29,32). The first-order valence-electron chi connectivity index (χ1n) is 10.6. The average molecular weight is 466 g/mol. The van der Waals surface area contributed by atoms with Gasteiger partial charge in [-0.3, -0.25) is 30.3 Å². The Hall–Kier alpha value is -4.34. The number of hydrogen-bond donors (Lipinski definition) is 4. The van der Waals surface area contributed by atoms with Gasteiger partial charge in [0.15, 0.2) is 0 Å². The maximum absolute atomic E-state index is 12.8. The third kappa shape index (κ3) is 5.91. The number of hydrogen-bond acceptors (Lipinski definition) is 6. The Morgan fingerprint density at radius 1 is 0.882 bits per heavy atom. The molecule has 4 N–H and O–H groups in total. The first kappa shape index (κ1) is 24.3. The summed E-state index contributed by atoms with van der Waals surface area (Å²) in [5.74, 6) is -1.01. The second kappa shape index (κ2) is 11.0. The zero-order valence-corrected chi connectivity index (χ0v) is 19.3. The normalized spacial score (nSPS) is 11.4. The summed E-state index contributed by atoms with van der Waals surface area (Å²) in [6.07, 6.45) is 0. The number of benzene rings is 2. The lowest BCUT2D eigenvalue weighted by molar-refractivity contribution is -0.124. The maximum atomic E-state index is 12.8. The molecule has 2 aromatic carbocycles. The molecule has 1 heterocycles. The number of hydrazine groups is 1. The van der Waals surface area contributed by atoms with Gasteiger partial charge in [-0.15, -0.1) is 0 Å². The van der Waals surface area contributed by atoms with E-state index < -0.39 is 23.8 Å². The number of carbonyl (C=O) groups excluding carboxylic acids is 3. The fourth-order valence-corrected chi connectivity index (χ4v) is 3.16. The summed E-state index contributed by atoms with van der Waals surface area (Å²) in [5.41, 5.74) is 6.59. The number of H-pyrrole nitrogens is 1. The number of ether oxygens (including phenoxy) is 2. The summed E-state index contributed by atoms with van der Waals surface area (Å²) < 4.78 is 10.4. The number of nitrogens with zero attached hydrogens (tertiary/aromatic N) is 1. The molecule has 0 bridgehead atoms. The number of amides is 3. The molecule has 3 aromatic rings. The van der Waals surface area contributed by atoms with Crippen LogP contribution in [0.25, 0.3) is 11.3 Å². The van der Waals surface area contributed by atoms with Gasteiger partial charge >= 0.3 is 0 Å². The number of carbonyl (C=O) groups is 3. The van der Waals surface area contributed by atoms with E-state index >= 15 is 0 Å². The zero-order chi connectivity index (χ0) is 24.7. The highest BCUT2D eigenvalue weighted by Crippen LogP contribution is 2.22. The number of aromatic amines is 1. The van der Waals surface area contributed by atoms with Crippen molar-refractivity contribution in [1.82, 2.24) is 26.4 Å². The quantitative estimate of drug-likeness (QED) is 0.377. The van der Waals surface area contributed by atoms with Crippen LogP contribution >= 0.6 is 0 Å². The van der Waals surface area contributed by atoms with E-state index in [1.807, 2.05) is 30.3 Å². The fourth-order valence-electron chi connectivity index (χ4n) is 3.16.